The van der Waals surface area contributed by atoms with E-state index in [0.29, 0.717) is 18.5 Å². The van der Waals surface area contributed by atoms with Crippen LogP contribution in [0.5, 0.6) is 0 Å². The maximum Gasteiger partial charge on any atom is 0.226 e. The van der Waals surface area contributed by atoms with Gasteiger partial charge in [0.05, 0.1) is 12.2 Å². The Morgan fingerprint density at radius 1 is 1.14 bits per heavy atom. The van der Waals surface area contributed by atoms with Crippen LogP contribution in [0.4, 0.5) is 0 Å². The van der Waals surface area contributed by atoms with Crippen molar-refractivity contribution >= 4 is 5.96 Å². The van der Waals surface area contributed by atoms with Gasteiger partial charge in [-0.15, -0.1) is 0 Å². The van der Waals surface area contributed by atoms with E-state index in [-0.39, 0.29) is 0 Å². The molecule has 0 unspecified atom stereocenters. The van der Waals surface area contributed by atoms with Gasteiger partial charge in [-0.3, -0.25) is 4.99 Å². The number of oxazole rings is 1. The Morgan fingerprint density at radius 3 is 2.61 bits per heavy atom. The second kappa shape index (κ2) is 9.24. The van der Waals surface area contributed by atoms with Crippen LogP contribution in [0.15, 0.2) is 46.0 Å². The Labute approximate surface area is 167 Å². The minimum absolute atomic E-state index is 0.487. The van der Waals surface area contributed by atoms with Crippen molar-refractivity contribution in [2.45, 2.75) is 57.2 Å². The number of hydrogen-bond donors (Lipinski definition) is 2. The first-order chi connectivity index (χ1) is 13.8. The molecule has 2 aliphatic rings. The lowest BCUT2D eigenvalue weighted by Gasteiger charge is -2.36. The number of aromatic nitrogens is 1. The Hall–Kier alpha value is -2.34. The van der Waals surface area contributed by atoms with Crippen LogP contribution in [-0.2, 0) is 6.54 Å². The molecule has 1 saturated heterocycles. The normalized spacial score (nSPS) is 19.8. The summed E-state index contributed by atoms with van der Waals surface area (Å²) in [6.45, 7) is 2.99. The first kappa shape index (κ1) is 19.0. The molecule has 0 bridgehead atoms. The van der Waals surface area contributed by atoms with Gasteiger partial charge in [-0.05, 0) is 37.8 Å². The van der Waals surface area contributed by atoms with Crippen LogP contribution in [0, 0.1) is 0 Å². The molecule has 6 nitrogen and oxygen atoms in total. The Bertz CT molecular complexity index is 758. The molecular formula is C22H31N5O. The standard InChI is InChI=1S/C22H31N5O/c1-23-22(26-18-11-13-27(14-12-18)20-9-5-6-10-20)24-15-19-16-28-21(25-19)17-7-3-2-4-8-17/h2-4,7-8,16,18,20H,5-6,9-15H2,1H3,(H2,23,24,26). The lowest BCUT2D eigenvalue weighted by Crippen LogP contribution is -2.50. The lowest BCUT2D eigenvalue weighted by molar-refractivity contribution is 0.150. The number of hydrogen-bond acceptors (Lipinski definition) is 4. The van der Waals surface area contributed by atoms with Crippen LogP contribution in [0.3, 0.4) is 0 Å². The van der Waals surface area contributed by atoms with Crippen LogP contribution >= 0.6 is 0 Å². The Kier molecular flexibility index (Phi) is 6.27. The van der Waals surface area contributed by atoms with E-state index in [1.165, 1.54) is 51.6 Å². The third-order valence-corrected chi connectivity index (χ3v) is 5.94. The van der Waals surface area contributed by atoms with E-state index in [0.717, 1.165) is 23.3 Å². The van der Waals surface area contributed by atoms with Gasteiger partial charge in [-0.25, -0.2) is 4.98 Å². The second-order valence-corrected chi connectivity index (χ2v) is 7.83. The van der Waals surface area contributed by atoms with Gasteiger partial charge in [0, 0.05) is 37.8 Å². The first-order valence-corrected chi connectivity index (χ1v) is 10.5. The number of rotatable bonds is 5. The van der Waals surface area contributed by atoms with Crippen molar-refractivity contribution in [2.75, 3.05) is 20.1 Å². The molecule has 0 amide bonds. The van der Waals surface area contributed by atoms with Crippen molar-refractivity contribution < 1.29 is 4.42 Å². The van der Waals surface area contributed by atoms with Crippen molar-refractivity contribution in [3.8, 4) is 11.5 Å². The van der Waals surface area contributed by atoms with Gasteiger partial charge in [0.25, 0.3) is 0 Å². The van der Waals surface area contributed by atoms with Crippen molar-refractivity contribution in [2.24, 2.45) is 4.99 Å². The van der Waals surface area contributed by atoms with E-state index < -0.39 is 0 Å². The molecule has 0 spiro atoms. The molecule has 28 heavy (non-hydrogen) atoms. The van der Waals surface area contributed by atoms with E-state index >= 15 is 0 Å². The fourth-order valence-electron chi connectivity index (χ4n) is 4.34. The molecule has 1 aromatic heterocycles. The number of nitrogens with one attached hydrogen (secondary N) is 2. The third kappa shape index (κ3) is 4.73. The number of nitrogens with zero attached hydrogens (tertiary/aromatic N) is 3. The molecule has 2 fully saturated rings. The summed E-state index contributed by atoms with van der Waals surface area (Å²) in [5.41, 5.74) is 1.86. The largest absolute Gasteiger partial charge is 0.444 e. The number of benzene rings is 1. The first-order valence-electron chi connectivity index (χ1n) is 10.5. The maximum atomic E-state index is 5.61. The molecule has 2 aromatic rings. The molecule has 2 heterocycles. The topological polar surface area (TPSA) is 65.7 Å². The minimum Gasteiger partial charge on any atom is -0.444 e. The highest BCUT2D eigenvalue weighted by Crippen LogP contribution is 2.26. The quantitative estimate of drug-likeness (QED) is 0.614. The van der Waals surface area contributed by atoms with Crippen molar-refractivity contribution in [1.82, 2.24) is 20.5 Å². The van der Waals surface area contributed by atoms with Gasteiger partial charge >= 0.3 is 0 Å². The Balaban J connectivity index is 1.24. The SMILES string of the molecule is CN=C(NCc1coc(-c2ccccc2)n1)NC1CCN(C2CCCC2)CC1. The number of piperidine rings is 1. The molecule has 1 aliphatic carbocycles. The second-order valence-electron chi connectivity index (χ2n) is 7.83. The van der Waals surface area contributed by atoms with E-state index in [2.05, 4.69) is 25.5 Å². The number of likely N-dealkylation sites (tertiary alicyclic amines) is 1. The highest BCUT2D eigenvalue weighted by molar-refractivity contribution is 5.79. The third-order valence-electron chi connectivity index (χ3n) is 5.94. The smallest absolute Gasteiger partial charge is 0.226 e. The summed E-state index contributed by atoms with van der Waals surface area (Å²) in [4.78, 5) is 11.6. The average molecular weight is 382 g/mol. The summed E-state index contributed by atoms with van der Waals surface area (Å²) < 4.78 is 5.61. The summed E-state index contributed by atoms with van der Waals surface area (Å²) in [5.74, 6) is 1.49. The van der Waals surface area contributed by atoms with E-state index in [1.54, 1.807) is 6.26 Å². The van der Waals surface area contributed by atoms with Crippen LogP contribution in [-0.4, -0.2) is 48.1 Å². The fraction of sp³-hybridized carbons (Fsp3) is 0.545. The summed E-state index contributed by atoms with van der Waals surface area (Å²) >= 11 is 0. The van der Waals surface area contributed by atoms with Gasteiger partial charge < -0.3 is 20.0 Å². The zero-order valence-corrected chi connectivity index (χ0v) is 16.7. The van der Waals surface area contributed by atoms with Crippen LogP contribution in [0.1, 0.15) is 44.2 Å². The van der Waals surface area contributed by atoms with Crippen LogP contribution in [0.2, 0.25) is 0 Å². The molecule has 1 saturated carbocycles. The van der Waals surface area contributed by atoms with E-state index in [1.807, 2.05) is 37.4 Å². The van der Waals surface area contributed by atoms with E-state index in [9.17, 15) is 0 Å². The summed E-state index contributed by atoms with van der Waals surface area (Å²) in [6, 6.07) is 11.3. The minimum atomic E-state index is 0.487. The van der Waals surface area contributed by atoms with Crippen LogP contribution < -0.4 is 10.6 Å². The molecule has 2 N–H and O–H groups in total. The molecule has 0 atom stereocenters. The molecular weight excluding hydrogens is 350 g/mol. The summed E-state index contributed by atoms with van der Waals surface area (Å²) in [7, 11) is 1.82. The van der Waals surface area contributed by atoms with Crippen molar-refractivity contribution in [3.05, 3.63) is 42.3 Å². The monoisotopic (exact) mass is 381 g/mol. The molecule has 1 aromatic carbocycles. The van der Waals surface area contributed by atoms with Gasteiger partial charge in [-0.1, -0.05) is 31.0 Å². The summed E-state index contributed by atoms with van der Waals surface area (Å²) in [6.07, 6.45) is 9.68. The zero-order chi connectivity index (χ0) is 19.2. The molecule has 1 aliphatic heterocycles. The molecule has 150 valence electrons. The van der Waals surface area contributed by atoms with Gasteiger partial charge in [-0.2, -0.15) is 0 Å². The van der Waals surface area contributed by atoms with Crippen molar-refractivity contribution in [1.29, 1.82) is 0 Å². The predicted molar refractivity (Wildman–Crippen MR) is 112 cm³/mol. The van der Waals surface area contributed by atoms with Gasteiger partial charge in [0.1, 0.15) is 6.26 Å². The predicted octanol–water partition coefficient (Wildman–Crippen LogP) is 3.41. The van der Waals surface area contributed by atoms with E-state index in [4.69, 9.17) is 4.42 Å². The zero-order valence-electron chi connectivity index (χ0n) is 16.7. The Morgan fingerprint density at radius 2 is 1.89 bits per heavy atom. The lowest BCUT2D eigenvalue weighted by atomic mass is 10.0. The average Bonchev–Trinajstić information content (AvgIpc) is 3.44. The molecule has 0 radical (unpaired) electrons. The maximum absolute atomic E-state index is 5.61. The van der Waals surface area contributed by atoms with Crippen LogP contribution in [0.25, 0.3) is 11.5 Å². The number of guanidine groups is 1. The number of aliphatic imine (C=N–C) groups is 1. The summed E-state index contributed by atoms with van der Waals surface area (Å²) in [5, 5.41) is 6.95. The fourth-order valence-corrected chi connectivity index (χ4v) is 4.34. The van der Waals surface area contributed by atoms with Gasteiger partial charge in [0.2, 0.25) is 5.89 Å². The highest BCUT2D eigenvalue weighted by Gasteiger charge is 2.27. The molecule has 4 rings (SSSR count). The molecule has 6 heteroatoms. The highest BCUT2D eigenvalue weighted by atomic mass is 16.3. The van der Waals surface area contributed by atoms with Gasteiger partial charge in [0.15, 0.2) is 5.96 Å². The van der Waals surface area contributed by atoms with Crippen molar-refractivity contribution in [3.63, 3.8) is 0 Å².